The van der Waals surface area contributed by atoms with Gasteiger partial charge in [0.15, 0.2) is 0 Å². The SMILES string of the molecule is CCP12=C(S1)C(C)CC2. The van der Waals surface area contributed by atoms with Crippen LogP contribution in [-0.2, 0) is 0 Å². The summed E-state index contributed by atoms with van der Waals surface area (Å²) < 4.78 is 1.92. The lowest BCUT2D eigenvalue weighted by Crippen LogP contribution is -1.94. The fourth-order valence-electron chi connectivity index (χ4n) is 1.71. The van der Waals surface area contributed by atoms with Gasteiger partial charge in [-0.05, 0) is 35.4 Å². The Hall–Kier alpha value is 0.650. The van der Waals surface area contributed by atoms with Crippen LogP contribution >= 0.6 is 17.5 Å². The van der Waals surface area contributed by atoms with Crippen molar-refractivity contribution in [2.24, 2.45) is 5.92 Å². The second kappa shape index (κ2) is 1.83. The summed E-state index contributed by atoms with van der Waals surface area (Å²) in [4.78, 5) is 0. The molecule has 0 bridgehead atoms. The van der Waals surface area contributed by atoms with Crippen molar-refractivity contribution < 1.29 is 0 Å². The van der Waals surface area contributed by atoms with Gasteiger partial charge in [0.05, 0.1) is 0 Å². The molecule has 0 aromatic carbocycles. The van der Waals surface area contributed by atoms with Crippen LogP contribution in [0.5, 0.6) is 0 Å². The molecular formula is C7H13PS. The molecule has 0 amide bonds. The van der Waals surface area contributed by atoms with Crippen molar-refractivity contribution >= 4 is 22.1 Å². The maximum atomic E-state index is 2.40. The molecular weight excluding hydrogens is 147 g/mol. The predicted octanol–water partition coefficient (Wildman–Crippen LogP) is 2.86. The molecule has 0 aliphatic carbocycles. The van der Waals surface area contributed by atoms with Gasteiger partial charge in [0.25, 0.3) is 0 Å². The third-order valence-electron chi connectivity index (χ3n) is 2.49. The lowest BCUT2D eigenvalue weighted by Gasteiger charge is -2.05. The molecule has 52 valence electrons. The monoisotopic (exact) mass is 160 g/mol. The Labute approximate surface area is 61.1 Å². The average Bonchev–Trinajstić information content (AvgIpc) is 2.53. The fourth-order valence-corrected chi connectivity index (χ4v) is 9.84. The molecule has 0 fully saturated rings. The maximum absolute atomic E-state index is 2.40. The van der Waals surface area contributed by atoms with Gasteiger partial charge in [-0.15, -0.1) is 11.4 Å². The van der Waals surface area contributed by atoms with E-state index in [0.29, 0.717) is 0 Å². The fraction of sp³-hybridized carbons (Fsp3) is 0.857. The van der Waals surface area contributed by atoms with Crippen LogP contribution in [0.3, 0.4) is 0 Å². The smallest absolute Gasteiger partial charge is 0.000696 e. The highest BCUT2D eigenvalue weighted by Crippen LogP contribution is 2.82. The molecule has 2 heteroatoms. The molecule has 2 heterocycles. The van der Waals surface area contributed by atoms with Crippen LogP contribution in [-0.4, -0.2) is 16.9 Å². The van der Waals surface area contributed by atoms with Gasteiger partial charge in [0.2, 0.25) is 0 Å². The van der Waals surface area contributed by atoms with E-state index in [1.54, 1.807) is 6.16 Å². The van der Waals surface area contributed by atoms with Crippen molar-refractivity contribution in [1.82, 2.24) is 0 Å². The van der Waals surface area contributed by atoms with E-state index in [4.69, 9.17) is 0 Å². The Balaban J connectivity index is 2.26. The van der Waals surface area contributed by atoms with Crippen LogP contribution in [0.25, 0.3) is 0 Å². The largest absolute Gasteiger partial charge is 0.102 e. The molecule has 0 spiro atoms. The number of hydrogen-bond donors (Lipinski definition) is 0. The van der Waals surface area contributed by atoms with E-state index >= 15 is 0 Å². The summed E-state index contributed by atoms with van der Waals surface area (Å²) in [6.07, 6.45) is 4.20. The Morgan fingerprint density at radius 1 is 1.78 bits per heavy atom. The van der Waals surface area contributed by atoms with E-state index in [9.17, 15) is 0 Å². The van der Waals surface area contributed by atoms with Crippen molar-refractivity contribution in [3.05, 3.63) is 0 Å². The van der Waals surface area contributed by atoms with Crippen LogP contribution in [0.15, 0.2) is 0 Å². The zero-order valence-corrected chi connectivity index (χ0v) is 7.77. The van der Waals surface area contributed by atoms with Crippen molar-refractivity contribution in [2.45, 2.75) is 20.3 Å². The first-order valence-electron chi connectivity index (χ1n) is 3.72. The lowest BCUT2D eigenvalue weighted by molar-refractivity contribution is 0.776. The maximum Gasteiger partial charge on any atom is -0.000696 e. The normalized spacial score (nSPS) is 47.3. The molecule has 2 aliphatic rings. The van der Waals surface area contributed by atoms with Gasteiger partial charge < -0.3 is 0 Å². The van der Waals surface area contributed by atoms with Gasteiger partial charge >= 0.3 is 0 Å². The van der Waals surface area contributed by atoms with E-state index in [1.807, 2.05) is 4.63 Å². The summed E-state index contributed by atoms with van der Waals surface area (Å²) in [6.45, 7) is 4.76. The minimum Gasteiger partial charge on any atom is -0.102 e. The van der Waals surface area contributed by atoms with E-state index in [1.165, 1.54) is 12.6 Å². The first-order valence-corrected chi connectivity index (χ1v) is 7.31. The summed E-state index contributed by atoms with van der Waals surface area (Å²) in [6, 6.07) is 0. The highest BCUT2D eigenvalue weighted by molar-refractivity contribution is 8.85. The van der Waals surface area contributed by atoms with Crippen LogP contribution in [0.1, 0.15) is 20.3 Å². The van der Waals surface area contributed by atoms with E-state index < -0.39 is 0 Å². The molecule has 9 heavy (non-hydrogen) atoms. The molecule has 2 unspecified atom stereocenters. The molecule has 0 N–H and O–H groups in total. The summed E-state index contributed by atoms with van der Waals surface area (Å²) in [5, 5.41) is 0. The molecule has 0 saturated heterocycles. The highest BCUT2D eigenvalue weighted by Gasteiger charge is 2.44. The minimum absolute atomic E-state index is 0.357. The molecule has 2 aliphatic heterocycles. The lowest BCUT2D eigenvalue weighted by atomic mass is 10.2. The molecule has 0 radical (unpaired) electrons. The van der Waals surface area contributed by atoms with Gasteiger partial charge in [-0.2, -0.15) is 0 Å². The summed E-state index contributed by atoms with van der Waals surface area (Å²) in [5.41, 5.74) is 0. The van der Waals surface area contributed by atoms with Crippen LogP contribution in [0.4, 0.5) is 0 Å². The summed E-state index contributed by atoms with van der Waals surface area (Å²) in [7, 11) is 0. The van der Waals surface area contributed by atoms with Gasteiger partial charge in [-0.1, -0.05) is 13.8 Å². The van der Waals surface area contributed by atoms with Crippen LogP contribution in [0, 0.1) is 5.92 Å². The van der Waals surface area contributed by atoms with E-state index in [-0.39, 0.29) is 6.09 Å². The second-order valence-electron chi connectivity index (χ2n) is 3.05. The quantitative estimate of drug-likeness (QED) is 0.531. The predicted molar refractivity (Wildman–Crippen MR) is 48.7 cm³/mol. The minimum atomic E-state index is -0.357. The Kier molecular flexibility index (Phi) is 1.29. The van der Waals surface area contributed by atoms with Crippen molar-refractivity contribution in [2.75, 3.05) is 12.3 Å². The third-order valence-corrected chi connectivity index (χ3v) is 10.7. The summed E-state index contributed by atoms with van der Waals surface area (Å²) >= 11 is 2.26. The standard InChI is InChI=1S/C7H13PS/c1-3-8-5-4-6(2)7(8)9-8/h6H,3-5H2,1-2H3. The second-order valence-corrected chi connectivity index (χ2v) is 9.96. The molecule has 0 aromatic heterocycles. The molecule has 0 aromatic rings. The van der Waals surface area contributed by atoms with Crippen molar-refractivity contribution in [1.29, 1.82) is 0 Å². The van der Waals surface area contributed by atoms with E-state index in [0.717, 1.165) is 5.92 Å². The Morgan fingerprint density at radius 3 is 2.78 bits per heavy atom. The highest BCUT2D eigenvalue weighted by atomic mass is 32.8. The zero-order valence-electron chi connectivity index (χ0n) is 6.05. The summed E-state index contributed by atoms with van der Waals surface area (Å²) in [5.74, 6) is 0.989. The number of hydrogen-bond acceptors (Lipinski definition) is 1. The average molecular weight is 160 g/mol. The molecule has 0 saturated carbocycles. The van der Waals surface area contributed by atoms with Gasteiger partial charge in [-0.3, -0.25) is 0 Å². The van der Waals surface area contributed by atoms with Crippen LogP contribution < -0.4 is 0 Å². The van der Waals surface area contributed by atoms with Crippen molar-refractivity contribution in [3.8, 4) is 0 Å². The van der Waals surface area contributed by atoms with Gasteiger partial charge in [0, 0.05) is 0 Å². The first kappa shape index (κ1) is 6.37. The van der Waals surface area contributed by atoms with E-state index in [2.05, 4.69) is 25.2 Å². The zero-order chi connectivity index (χ0) is 6.48. The Morgan fingerprint density at radius 2 is 2.56 bits per heavy atom. The van der Waals surface area contributed by atoms with Gasteiger partial charge in [-0.25, -0.2) is 0 Å². The van der Waals surface area contributed by atoms with Crippen molar-refractivity contribution in [3.63, 3.8) is 0 Å². The number of rotatable bonds is 1. The molecule has 0 nitrogen and oxygen atoms in total. The van der Waals surface area contributed by atoms with Crippen LogP contribution in [0.2, 0.25) is 0 Å². The first-order chi connectivity index (χ1) is 4.28. The topological polar surface area (TPSA) is 0 Å². The third kappa shape index (κ3) is 0.746. The van der Waals surface area contributed by atoms with Gasteiger partial charge in [0.1, 0.15) is 0 Å². The molecule has 2 rings (SSSR count). The Bertz CT molecular complexity index is 195. The molecule has 2 atom stereocenters.